The molecule has 1 atom stereocenters. The van der Waals surface area contributed by atoms with E-state index in [9.17, 15) is 4.79 Å². The van der Waals surface area contributed by atoms with Crippen LogP contribution in [0.1, 0.15) is 19.8 Å². The molecule has 0 saturated carbocycles. The minimum atomic E-state index is 0.102. The lowest BCUT2D eigenvalue weighted by Crippen LogP contribution is -2.41. The molecule has 2 rings (SSSR count). The maximum absolute atomic E-state index is 11.9. The Morgan fingerprint density at radius 3 is 3.00 bits per heavy atom. The molecule has 94 valence electrons. The predicted octanol–water partition coefficient (Wildman–Crippen LogP) is 0.814. The zero-order valence-electron chi connectivity index (χ0n) is 10.1. The third kappa shape index (κ3) is 3.56. The summed E-state index contributed by atoms with van der Waals surface area (Å²) in [7, 11) is 0. The van der Waals surface area contributed by atoms with Gasteiger partial charge in [0.15, 0.2) is 0 Å². The molecule has 1 fully saturated rings. The topological polar surface area (TPSA) is 56.2 Å². The number of amides is 1. The molecule has 0 radical (unpaired) electrons. The molecule has 1 aromatic heterocycles. The lowest BCUT2D eigenvalue weighted by Gasteiger charge is -2.23. The van der Waals surface area contributed by atoms with Crippen LogP contribution in [0, 0.1) is 5.92 Å². The number of carbonyl (C=O) groups is 1. The third-order valence-corrected chi connectivity index (χ3v) is 3.00. The zero-order chi connectivity index (χ0) is 12.1. The number of hydrogen-bond donors (Lipinski definition) is 1. The van der Waals surface area contributed by atoms with Crippen LogP contribution in [-0.2, 0) is 16.1 Å². The maximum atomic E-state index is 11.9. The number of nitrogens with one attached hydrogen (secondary N) is 1. The zero-order valence-corrected chi connectivity index (χ0v) is 10.1. The van der Waals surface area contributed by atoms with Gasteiger partial charge in [0.1, 0.15) is 0 Å². The van der Waals surface area contributed by atoms with E-state index in [-0.39, 0.29) is 17.9 Å². The molecule has 1 aliphatic rings. The molecule has 1 saturated heterocycles. The summed E-state index contributed by atoms with van der Waals surface area (Å²) in [5.74, 6) is 0.261. The largest absolute Gasteiger partial charge is 0.381 e. The summed E-state index contributed by atoms with van der Waals surface area (Å²) < 4.78 is 7.07. The molecular weight excluding hydrogens is 218 g/mol. The van der Waals surface area contributed by atoms with E-state index in [1.165, 1.54) is 0 Å². The van der Waals surface area contributed by atoms with Gasteiger partial charge in [-0.3, -0.25) is 9.48 Å². The van der Waals surface area contributed by atoms with E-state index < -0.39 is 0 Å². The Labute approximate surface area is 101 Å². The van der Waals surface area contributed by atoms with Gasteiger partial charge in [-0.15, -0.1) is 0 Å². The lowest BCUT2D eigenvalue weighted by atomic mass is 9.99. The molecule has 0 aliphatic carbocycles. The van der Waals surface area contributed by atoms with Crippen molar-refractivity contribution < 1.29 is 9.53 Å². The second kappa shape index (κ2) is 5.82. The van der Waals surface area contributed by atoms with Crippen LogP contribution in [0.15, 0.2) is 18.5 Å². The van der Waals surface area contributed by atoms with Crippen molar-refractivity contribution in [1.29, 1.82) is 0 Å². The fourth-order valence-corrected chi connectivity index (χ4v) is 2.06. The van der Waals surface area contributed by atoms with E-state index in [0.717, 1.165) is 12.8 Å². The van der Waals surface area contributed by atoms with E-state index in [0.29, 0.717) is 19.8 Å². The molecule has 0 bridgehead atoms. The summed E-state index contributed by atoms with van der Waals surface area (Å²) in [5, 5.41) is 7.15. The minimum Gasteiger partial charge on any atom is -0.381 e. The van der Waals surface area contributed by atoms with Crippen molar-refractivity contribution in [3.63, 3.8) is 0 Å². The Kier molecular flexibility index (Phi) is 4.14. The second-order valence-electron chi connectivity index (χ2n) is 4.52. The monoisotopic (exact) mass is 237 g/mol. The highest BCUT2D eigenvalue weighted by Crippen LogP contribution is 2.14. The smallest absolute Gasteiger partial charge is 0.223 e. The Hall–Kier alpha value is -1.36. The van der Waals surface area contributed by atoms with Gasteiger partial charge in [0.25, 0.3) is 0 Å². The molecule has 1 aromatic rings. The van der Waals surface area contributed by atoms with Gasteiger partial charge in [-0.25, -0.2) is 0 Å². The van der Waals surface area contributed by atoms with Crippen LogP contribution >= 0.6 is 0 Å². The van der Waals surface area contributed by atoms with Crippen molar-refractivity contribution in [3.8, 4) is 0 Å². The number of nitrogens with zero attached hydrogens (tertiary/aromatic N) is 2. The fraction of sp³-hybridized carbons (Fsp3) is 0.667. The second-order valence-corrected chi connectivity index (χ2v) is 4.52. The molecule has 1 amide bonds. The summed E-state index contributed by atoms with van der Waals surface area (Å²) in [6.45, 7) is 4.11. The van der Waals surface area contributed by atoms with Crippen LogP contribution in [0.3, 0.4) is 0 Å². The van der Waals surface area contributed by atoms with E-state index in [1.54, 1.807) is 6.20 Å². The van der Waals surface area contributed by atoms with Gasteiger partial charge in [-0.2, -0.15) is 5.10 Å². The van der Waals surface area contributed by atoms with Gasteiger partial charge in [0.2, 0.25) is 5.91 Å². The van der Waals surface area contributed by atoms with Crippen LogP contribution < -0.4 is 5.32 Å². The molecule has 17 heavy (non-hydrogen) atoms. The van der Waals surface area contributed by atoms with Crippen LogP contribution in [0.5, 0.6) is 0 Å². The first-order chi connectivity index (χ1) is 8.25. The fourth-order valence-electron chi connectivity index (χ4n) is 2.06. The Morgan fingerprint density at radius 2 is 2.35 bits per heavy atom. The number of ether oxygens (including phenoxy) is 1. The van der Waals surface area contributed by atoms with E-state index >= 15 is 0 Å². The number of rotatable bonds is 4. The first-order valence-electron chi connectivity index (χ1n) is 6.11. The van der Waals surface area contributed by atoms with Gasteiger partial charge in [-0.05, 0) is 25.8 Å². The van der Waals surface area contributed by atoms with Crippen molar-refractivity contribution in [2.75, 3.05) is 13.2 Å². The summed E-state index contributed by atoms with van der Waals surface area (Å²) in [5.41, 5.74) is 0. The Balaban J connectivity index is 1.77. The van der Waals surface area contributed by atoms with Crippen LogP contribution in [0.25, 0.3) is 0 Å². The number of carbonyl (C=O) groups excluding carboxylic acids is 1. The van der Waals surface area contributed by atoms with Crippen LogP contribution in [0.2, 0.25) is 0 Å². The van der Waals surface area contributed by atoms with Crippen molar-refractivity contribution in [2.24, 2.45) is 5.92 Å². The van der Waals surface area contributed by atoms with Gasteiger partial charge < -0.3 is 10.1 Å². The summed E-state index contributed by atoms with van der Waals surface area (Å²) in [4.78, 5) is 11.9. The minimum absolute atomic E-state index is 0.102. The summed E-state index contributed by atoms with van der Waals surface area (Å²) >= 11 is 0. The first kappa shape index (κ1) is 12.1. The highest BCUT2D eigenvalue weighted by atomic mass is 16.5. The molecular formula is C12H19N3O2. The van der Waals surface area contributed by atoms with Gasteiger partial charge in [0.05, 0.1) is 6.54 Å². The van der Waals surface area contributed by atoms with E-state index in [2.05, 4.69) is 10.4 Å². The predicted molar refractivity (Wildman–Crippen MR) is 63.4 cm³/mol. The van der Waals surface area contributed by atoms with Crippen molar-refractivity contribution in [1.82, 2.24) is 15.1 Å². The number of aromatic nitrogens is 2. The normalized spacial score (nSPS) is 18.9. The summed E-state index contributed by atoms with van der Waals surface area (Å²) in [6.07, 6.45) is 5.31. The van der Waals surface area contributed by atoms with Crippen molar-refractivity contribution >= 4 is 5.91 Å². The number of hydrogen-bond acceptors (Lipinski definition) is 3. The molecule has 5 heteroatoms. The SMILES string of the molecule is CC(Cn1cccn1)NC(=O)C1CCOCC1. The molecule has 1 N–H and O–H groups in total. The molecule has 0 aromatic carbocycles. The van der Waals surface area contributed by atoms with Gasteiger partial charge >= 0.3 is 0 Å². The van der Waals surface area contributed by atoms with Crippen molar-refractivity contribution in [3.05, 3.63) is 18.5 Å². The molecule has 1 unspecified atom stereocenters. The average molecular weight is 237 g/mol. The highest BCUT2D eigenvalue weighted by Gasteiger charge is 2.22. The molecule has 5 nitrogen and oxygen atoms in total. The first-order valence-corrected chi connectivity index (χ1v) is 6.11. The van der Waals surface area contributed by atoms with E-state index in [4.69, 9.17) is 4.74 Å². The van der Waals surface area contributed by atoms with Crippen molar-refractivity contribution in [2.45, 2.75) is 32.4 Å². The average Bonchev–Trinajstić information content (AvgIpc) is 2.82. The quantitative estimate of drug-likeness (QED) is 0.843. The Bertz CT molecular complexity index is 345. The van der Waals surface area contributed by atoms with Crippen LogP contribution in [0.4, 0.5) is 0 Å². The third-order valence-electron chi connectivity index (χ3n) is 3.00. The Morgan fingerprint density at radius 1 is 1.59 bits per heavy atom. The molecule has 0 spiro atoms. The lowest BCUT2D eigenvalue weighted by molar-refractivity contribution is -0.128. The maximum Gasteiger partial charge on any atom is 0.223 e. The van der Waals surface area contributed by atoms with Gasteiger partial charge in [0, 0.05) is 37.6 Å². The molecule has 1 aliphatic heterocycles. The van der Waals surface area contributed by atoms with Gasteiger partial charge in [-0.1, -0.05) is 0 Å². The highest BCUT2D eigenvalue weighted by molar-refractivity contribution is 5.78. The van der Waals surface area contributed by atoms with E-state index in [1.807, 2.05) is 23.9 Å². The molecule has 2 heterocycles. The summed E-state index contributed by atoms with van der Waals surface area (Å²) in [6, 6.07) is 1.98. The standard InChI is InChI=1S/C12H19N3O2/c1-10(9-15-6-2-5-13-15)14-12(16)11-3-7-17-8-4-11/h2,5-6,10-11H,3-4,7-9H2,1H3,(H,14,16). The van der Waals surface area contributed by atoms with Crippen LogP contribution in [-0.4, -0.2) is 34.9 Å².